The van der Waals surface area contributed by atoms with Gasteiger partial charge in [-0.25, -0.2) is 0 Å². The third kappa shape index (κ3) is 3.08. The Morgan fingerprint density at radius 3 is 2.47 bits per heavy atom. The maximum Gasteiger partial charge on any atom is 0.0596 e. The minimum atomic E-state index is 0.439. The van der Waals surface area contributed by atoms with E-state index in [1.807, 2.05) is 11.7 Å². The van der Waals surface area contributed by atoms with Crippen molar-refractivity contribution in [2.24, 2.45) is 12.5 Å². The molecular weight excluding hydrogens is 184 g/mol. The molecule has 2 nitrogen and oxygen atoms in total. The van der Waals surface area contributed by atoms with Gasteiger partial charge in [-0.1, -0.05) is 33.6 Å². The summed E-state index contributed by atoms with van der Waals surface area (Å²) < 4.78 is 2.03. The van der Waals surface area contributed by atoms with E-state index in [0.717, 1.165) is 12.1 Å². The van der Waals surface area contributed by atoms with Crippen LogP contribution in [0.25, 0.3) is 0 Å². The number of aryl methyl sites for hydroxylation is 2. The van der Waals surface area contributed by atoms with Crippen LogP contribution in [0.15, 0.2) is 6.07 Å². The molecule has 0 saturated heterocycles. The molecule has 0 aliphatic heterocycles. The quantitative estimate of drug-likeness (QED) is 0.724. The van der Waals surface area contributed by atoms with Gasteiger partial charge in [0.2, 0.25) is 0 Å². The number of aromatic nitrogens is 2. The maximum atomic E-state index is 4.41. The van der Waals surface area contributed by atoms with Gasteiger partial charge in [0.15, 0.2) is 0 Å². The fraction of sp³-hybridized carbons (Fsp3) is 0.769. The molecule has 1 heterocycles. The molecule has 86 valence electrons. The zero-order chi connectivity index (χ0) is 11.5. The highest BCUT2D eigenvalue weighted by atomic mass is 15.3. The van der Waals surface area contributed by atoms with E-state index in [1.54, 1.807) is 0 Å². The SMILES string of the molecule is CCCC(C)(CC)Cc1cc(C)nn1C. The van der Waals surface area contributed by atoms with Crippen molar-refractivity contribution in [3.8, 4) is 0 Å². The lowest BCUT2D eigenvalue weighted by Crippen LogP contribution is -2.20. The molecule has 0 radical (unpaired) electrons. The Morgan fingerprint density at radius 2 is 2.07 bits per heavy atom. The van der Waals surface area contributed by atoms with Crippen LogP contribution in [0, 0.1) is 12.3 Å². The van der Waals surface area contributed by atoms with Gasteiger partial charge in [-0.2, -0.15) is 5.10 Å². The summed E-state index contributed by atoms with van der Waals surface area (Å²) in [5, 5.41) is 4.41. The van der Waals surface area contributed by atoms with E-state index >= 15 is 0 Å². The van der Waals surface area contributed by atoms with Crippen molar-refractivity contribution >= 4 is 0 Å². The highest BCUT2D eigenvalue weighted by Gasteiger charge is 2.23. The van der Waals surface area contributed by atoms with Gasteiger partial charge in [0, 0.05) is 12.7 Å². The first kappa shape index (κ1) is 12.3. The van der Waals surface area contributed by atoms with Crippen LogP contribution in [0.1, 0.15) is 51.4 Å². The van der Waals surface area contributed by atoms with Gasteiger partial charge in [-0.05, 0) is 31.2 Å². The molecular formula is C13H24N2. The Bertz CT molecular complexity index is 314. The summed E-state index contributed by atoms with van der Waals surface area (Å²) in [4.78, 5) is 0. The monoisotopic (exact) mass is 208 g/mol. The first-order valence-electron chi connectivity index (χ1n) is 6.00. The molecule has 0 bridgehead atoms. The summed E-state index contributed by atoms with van der Waals surface area (Å²) in [7, 11) is 2.05. The molecule has 0 aliphatic carbocycles. The van der Waals surface area contributed by atoms with Crippen LogP contribution in [0.5, 0.6) is 0 Å². The molecule has 0 fully saturated rings. The van der Waals surface area contributed by atoms with E-state index in [2.05, 4.69) is 38.9 Å². The van der Waals surface area contributed by atoms with Crippen LogP contribution < -0.4 is 0 Å². The second-order valence-corrected chi connectivity index (χ2v) is 4.99. The topological polar surface area (TPSA) is 17.8 Å². The fourth-order valence-electron chi connectivity index (χ4n) is 2.26. The average Bonchev–Trinajstić information content (AvgIpc) is 2.45. The number of rotatable bonds is 5. The highest BCUT2D eigenvalue weighted by Crippen LogP contribution is 2.31. The lowest BCUT2D eigenvalue weighted by Gasteiger charge is -2.27. The molecule has 0 saturated carbocycles. The molecule has 0 amide bonds. The maximum absolute atomic E-state index is 4.41. The van der Waals surface area contributed by atoms with Gasteiger partial charge in [0.25, 0.3) is 0 Å². The summed E-state index contributed by atoms with van der Waals surface area (Å²) >= 11 is 0. The van der Waals surface area contributed by atoms with E-state index in [9.17, 15) is 0 Å². The lowest BCUT2D eigenvalue weighted by atomic mass is 9.79. The summed E-state index contributed by atoms with van der Waals surface area (Å²) in [6, 6.07) is 2.21. The van der Waals surface area contributed by atoms with Crippen LogP contribution >= 0.6 is 0 Å². The highest BCUT2D eigenvalue weighted by molar-refractivity contribution is 5.10. The number of hydrogen-bond acceptors (Lipinski definition) is 1. The van der Waals surface area contributed by atoms with Crippen molar-refractivity contribution in [2.45, 2.75) is 53.4 Å². The Morgan fingerprint density at radius 1 is 1.40 bits per heavy atom. The Balaban J connectivity index is 2.78. The molecule has 1 atom stereocenters. The van der Waals surface area contributed by atoms with Gasteiger partial charge in [0.1, 0.15) is 0 Å². The van der Waals surface area contributed by atoms with Gasteiger partial charge < -0.3 is 0 Å². The molecule has 1 unspecified atom stereocenters. The zero-order valence-electron chi connectivity index (χ0n) is 10.8. The van der Waals surface area contributed by atoms with E-state index in [0.29, 0.717) is 5.41 Å². The van der Waals surface area contributed by atoms with Gasteiger partial charge >= 0.3 is 0 Å². The molecule has 0 N–H and O–H groups in total. The molecule has 2 heteroatoms. The van der Waals surface area contributed by atoms with E-state index in [1.165, 1.54) is 25.0 Å². The number of nitrogens with zero attached hydrogens (tertiary/aromatic N) is 2. The van der Waals surface area contributed by atoms with Crippen LogP contribution in [0.4, 0.5) is 0 Å². The first-order valence-corrected chi connectivity index (χ1v) is 6.00. The van der Waals surface area contributed by atoms with E-state index in [4.69, 9.17) is 0 Å². The van der Waals surface area contributed by atoms with Crippen LogP contribution in [0.2, 0.25) is 0 Å². The van der Waals surface area contributed by atoms with Crippen molar-refractivity contribution in [3.05, 3.63) is 17.5 Å². The van der Waals surface area contributed by atoms with Gasteiger partial charge in [-0.3, -0.25) is 4.68 Å². The van der Waals surface area contributed by atoms with E-state index < -0.39 is 0 Å². The number of hydrogen-bond donors (Lipinski definition) is 0. The Hall–Kier alpha value is -0.790. The third-order valence-corrected chi connectivity index (χ3v) is 3.41. The Kier molecular flexibility index (Phi) is 3.95. The van der Waals surface area contributed by atoms with Crippen LogP contribution in [-0.4, -0.2) is 9.78 Å². The van der Waals surface area contributed by atoms with Crippen molar-refractivity contribution in [3.63, 3.8) is 0 Å². The average molecular weight is 208 g/mol. The molecule has 1 aromatic heterocycles. The fourth-order valence-corrected chi connectivity index (χ4v) is 2.26. The van der Waals surface area contributed by atoms with Crippen LogP contribution in [0.3, 0.4) is 0 Å². The normalized spacial score (nSPS) is 15.3. The minimum absolute atomic E-state index is 0.439. The first-order chi connectivity index (χ1) is 7.00. The lowest BCUT2D eigenvalue weighted by molar-refractivity contribution is 0.273. The standard InChI is InChI=1S/C13H24N2/c1-6-8-13(4,7-2)10-12-9-11(3)14-15(12)5/h9H,6-8,10H2,1-5H3. The molecule has 0 spiro atoms. The minimum Gasteiger partial charge on any atom is -0.272 e. The van der Waals surface area contributed by atoms with Gasteiger partial charge in [0.05, 0.1) is 5.69 Å². The van der Waals surface area contributed by atoms with Gasteiger partial charge in [-0.15, -0.1) is 0 Å². The molecule has 1 rings (SSSR count). The summed E-state index contributed by atoms with van der Waals surface area (Å²) in [6.45, 7) is 9.01. The van der Waals surface area contributed by atoms with Crippen molar-refractivity contribution in [1.82, 2.24) is 9.78 Å². The zero-order valence-corrected chi connectivity index (χ0v) is 10.8. The largest absolute Gasteiger partial charge is 0.272 e. The summed E-state index contributed by atoms with van der Waals surface area (Å²) in [5.41, 5.74) is 2.93. The molecule has 0 aliphatic rings. The second-order valence-electron chi connectivity index (χ2n) is 4.99. The summed E-state index contributed by atoms with van der Waals surface area (Å²) in [6.07, 6.45) is 4.95. The Labute approximate surface area is 93.7 Å². The molecule has 1 aromatic rings. The van der Waals surface area contributed by atoms with Crippen molar-refractivity contribution < 1.29 is 0 Å². The predicted molar refractivity (Wildman–Crippen MR) is 65.0 cm³/mol. The third-order valence-electron chi connectivity index (χ3n) is 3.41. The van der Waals surface area contributed by atoms with Crippen molar-refractivity contribution in [2.75, 3.05) is 0 Å². The smallest absolute Gasteiger partial charge is 0.0596 e. The second kappa shape index (κ2) is 4.82. The van der Waals surface area contributed by atoms with E-state index in [-0.39, 0.29) is 0 Å². The van der Waals surface area contributed by atoms with Crippen molar-refractivity contribution in [1.29, 1.82) is 0 Å². The predicted octanol–water partition coefficient (Wildman–Crippen LogP) is 3.49. The molecule has 15 heavy (non-hydrogen) atoms. The van der Waals surface area contributed by atoms with Crippen LogP contribution in [-0.2, 0) is 13.5 Å². The summed E-state index contributed by atoms with van der Waals surface area (Å²) in [5.74, 6) is 0. The molecule has 0 aromatic carbocycles.